The van der Waals surface area contributed by atoms with Crippen LogP contribution in [0.3, 0.4) is 0 Å². The molecule has 0 heterocycles. The molecule has 0 aromatic heterocycles. The van der Waals surface area contributed by atoms with Crippen molar-refractivity contribution in [3.8, 4) is 0 Å². The van der Waals surface area contributed by atoms with Gasteiger partial charge in [-0.25, -0.2) is 0 Å². The molecule has 12 heavy (non-hydrogen) atoms. The third-order valence-electron chi connectivity index (χ3n) is 1.26. The van der Waals surface area contributed by atoms with Gasteiger partial charge in [0.25, 0.3) is 0 Å². The fourth-order valence-corrected chi connectivity index (χ4v) is 0.955. The second kappa shape index (κ2) is 5.43. The van der Waals surface area contributed by atoms with Crippen LogP contribution in [-0.2, 0) is 0 Å². The average Bonchev–Trinajstić information content (AvgIpc) is 2.04. The number of amidine groups is 1. The fraction of sp³-hybridized carbons (Fsp3) is 0. The second-order valence-electron chi connectivity index (χ2n) is 1.97. The molecular formula is C7H8ClN2NaO. The number of oxime groups is 1. The van der Waals surface area contributed by atoms with Gasteiger partial charge in [0.05, 0.1) is 5.02 Å². The predicted molar refractivity (Wildman–Crippen MR) is 51.1 cm³/mol. The van der Waals surface area contributed by atoms with Crippen LogP contribution in [0.1, 0.15) is 5.56 Å². The number of hydrogen-bond acceptors (Lipinski definition) is 2. The van der Waals surface area contributed by atoms with Crippen LogP contribution in [0, 0.1) is 0 Å². The average molecular weight is 195 g/mol. The van der Waals surface area contributed by atoms with Crippen molar-refractivity contribution >= 4 is 47.0 Å². The summed E-state index contributed by atoms with van der Waals surface area (Å²) in [7, 11) is 0. The Morgan fingerprint density at radius 1 is 1.42 bits per heavy atom. The molecule has 3 nitrogen and oxygen atoms in total. The normalized spacial score (nSPS) is 10.6. The van der Waals surface area contributed by atoms with Crippen LogP contribution < -0.4 is 5.73 Å². The summed E-state index contributed by atoms with van der Waals surface area (Å²) in [4.78, 5) is 0. The van der Waals surface area contributed by atoms with E-state index >= 15 is 0 Å². The number of benzene rings is 1. The van der Waals surface area contributed by atoms with E-state index in [-0.39, 0.29) is 35.4 Å². The molecule has 5 heteroatoms. The molecule has 1 rings (SSSR count). The van der Waals surface area contributed by atoms with Crippen LogP contribution in [0.5, 0.6) is 0 Å². The molecule has 0 aliphatic rings. The molecule has 0 amide bonds. The Morgan fingerprint density at radius 3 is 2.50 bits per heavy atom. The second-order valence-corrected chi connectivity index (χ2v) is 2.37. The Morgan fingerprint density at radius 2 is 2.00 bits per heavy atom. The Labute approximate surface area is 97.5 Å². The van der Waals surface area contributed by atoms with Crippen LogP contribution >= 0.6 is 11.6 Å². The molecule has 3 N–H and O–H groups in total. The molecule has 0 saturated heterocycles. The van der Waals surface area contributed by atoms with Crippen LogP contribution in [-0.4, -0.2) is 40.6 Å². The van der Waals surface area contributed by atoms with Crippen LogP contribution in [0.2, 0.25) is 5.02 Å². The zero-order valence-electron chi connectivity index (χ0n) is 5.66. The summed E-state index contributed by atoms with van der Waals surface area (Å²) in [5, 5.41) is 11.6. The molecule has 0 fully saturated rings. The van der Waals surface area contributed by atoms with Crippen LogP contribution in [0.4, 0.5) is 0 Å². The van der Waals surface area contributed by atoms with Crippen molar-refractivity contribution in [2.45, 2.75) is 0 Å². The summed E-state index contributed by atoms with van der Waals surface area (Å²) in [6.07, 6.45) is 0. The van der Waals surface area contributed by atoms with Gasteiger partial charge in [0.1, 0.15) is 0 Å². The van der Waals surface area contributed by atoms with E-state index in [2.05, 4.69) is 5.16 Å². The Balaban J connectivity index is 0.00000121. The molecule has 0 spiro atoms. The van der Waals surface area contributed by atoms with Crippen molar-refractivity contribution in [1.29, 1.82) is 0 Å². The fourth-order valence-electron chi connectivity index (χ4n) is 0.723. The molecule has 60 valence electrons. The van der Waals surface area contributed by atoms with Gasteiger partial charge >= 0.3 is 29.6 Å². The van der Waals surface area contributed by atoms with E-state index in [9.17, 15) is 0 Å². The van der Waals surface area contributed by atoms with E-state index in [0.29, 0.717) is 10.6 Å². The standard InChI is InChI=1S/C7H7ClN2O.Na.H/c8-6-4-2-1-3-5(6)7(9)10-11;;/h1-4,11H,(H2,9,10);;. The maximum absolute atomic E-state index is 8.32. The molecule has 0 aliphatic heterocycles. The molecule has 1 aromatic carbocycles. The van der Waals surface area contributed by atoms with Gasteiger partial charge in [-0.1, -0.05) is 28.9 Å². The van der Waals surface area contributed by atoms with Crippen molar-refractivity contribution in [1.82, 2.24) is 0 Å². The molecular weight excluding hydrogens is 187 g/mol. The van der Waals surface area contributed by atoms with E-state index < -0.39 is 0 Å². The summed E-state index contributed by atoms with van der Waals surface area (Å²) in [5.41, 5.74) is 5.85. The van der Waals surface area contributed by atoms with Crippen molar-refractivity contribution in [2.75, 3.05) is 0 Å². The Hall–Kier alpha value is -0.220. The van der Waals surface area contributed by atoms with Crippen molar-refractivity contribution in [3.05, 3.63) is 34.9 Å². The van der Waals surface area contributed by atoms with Crippen LogP contribution in [0.15, 0.2) is 29.4 Å². The van der Waals surface area contributed by atoms with E-state index in [0.717, 1.165) is 0 Å². The van der Waals surface area contributed by atoms with E-state index in [1.807, 2.05) is 0 Å². The van der Waals surface area contributed by atoms with E-state index in [1.165, 1.54) is 0 Å². The van der Waals surface area contributed by atoms with Crippen molar-refractivity contribution < 1.29 is 5.21 Å². The third-order valence-corrected chi connectivity index (χ3v) is 1.59. The first-order valence-electron chi connectivity index (χ1n) is 2.98. The zero-order chi connectivity index (χ0) is 8.27. The SMILES string of the molecule is NC(=NO)c1ccccc1Cl.[NaH]. The quantitative estimate of drug-likeness (QED) is 0.228. The molecule has 0 bridgehead atoms. The Bertz CT molecular complexity index is 290. The molecule has 0 saturated carbocycles. The first-order chi connectivity index (χ1) is 5.25. The van der Waals surface area contributed by atoms with Crippen molar-refractivity contribution in [2.24, 2.45) is 10.9 Å². The third kappa shape index (κ3) is 2.68. The van der Waals surface area contributed by atoms with Crippen molar-refractivity contribution in [3.63, 3.8) is 0 Å². The summed E-state index contributed by atoms with van der Waals surface area (Å²) >= 11 is 5.73. The summed E-state index contributed by atoms with van der Waals surface area (Å²) < 4.78 is 0. The molecule has 1 aromatic rings. The predicted octanol–water partition coefficient (Wildman–Crippen LogP) is 0.786. The number of hydrogen-bond donors (Lipinski definition) is 2. The van der Waals surface area contributed by atoms with Gasteiger partial charge in [0.2, 0.25) is 0 Å². The van der Waals surface area contributed by atoms with E-state index in [1.54, 1.807) is 24.3 Å². The number of nitrogens with two attached hydrogens (primary N) is 1. The Kier molecular flexibility index (Phi) is 5.33. The van der Waals surface area contributed by atoms with Gasteiger partial charge in [-0.2, -0.15) is 0 Å². The summed E-state index contributed by atoms with van der Waals surface area (Å²) in [5.74, 6) is 0.0237. The van der Waals surface area contributed by atoms with Crippen LogP contribution in [0.25, 0.3) is 0 Å². The van der Waals surface area contributed by atoms with Gasteiger partial charge in [0.15, 0.2) is 5.84 Å². The first-order valence-corrected chi connectivity index (χ1v) is 3.36. The first kappa shape index (κ1) is 11.8. The van der Waals surface area contributed by atoms with Gasteiger partial charge in [0, 0.05) is 5.56 Å². The van der Waals surface area contributed by atoms with Gasteiger partial charge < -0.3 is 10.9 Å². The topological polar surface area (TPSA) is 58.6 Å². The van der Waals surface area contributed by atoms with Gasteiger partial charge in [-0.05, 0) is 12.1 Å². The molecule has 0 atom stereocenters. The maximum atomic E-state index is 8.32. The minimum atomic E-state index is 0. The zero-order valence-corrected chi connectivity index (χ0v) is 6.42. The summed E-state index contributed by atoms with van der Waals surface area (Å²) in [6.45, 7) is 0. The number of nitrogens with zero attached hydrogens (tertiary/aromatic N) is 1. The van der Waals surface area contributed by atoms with Gasteiger partial charge in [-0.15, -0.1) is 0 Å². The molecule has 0 unspecified atom stereocenters. The van der Waals surface area contributed by atoms with E-state index in [4.69, 9.17) is 22.5 Å². The summed E-state index contributed by atoms with van der Waals surface area (Å²) in [6, 6.07) is 6.89. The van der Waals surface area contributed by atoms with Gasteiger partial charge in [-0.3, -0.25) is 0 Å². The minimum absolute atomic E-state index is 0. The number of rotatable bonds is 1. The number of halogens is 1. The monoisotopic (exact) mass is 194 g/mol. The molecule has 0 radical (unpaired) electrons. The molecule has 0 aliphatic carbocycles.